The Hall–Kier alpha value is 0.491. The predicted octanol–water partition coefficient (Wildman–Crippen LogP) is 2.99. The van der Waals surface area contributed by atoms with E-state index < -0.39 is 25.7 Å². The lowest BCUT2D eigenvalue weighted by Crippen LogP contribution is -2.70. The van der Waals surface area contributed by atoms with E-state index in [4.69, 9.17) is 12.3 Å². The third-order valence-corrected chi connectivity index (χ3v) is 17.9. The van der Waals surface area contributed by atoms with Crippen LogP contribution in [0.2, 0.25) is 31.7 Å². The largest absolute Gasteiger partial charge is 0.416 e. The number of hydrogen-bond donors (Lipinski definition) is 1. The fourth-order valence-corrected chi connectivity index (χ4v) is 20.8. The van der Waals surface area contributed by atoms with Crippen LogP contribution in [0, 0.1) is 0 Å². The van der Waals surface area contributed by atoms with Crippen LogP contribution < -0.4 is 5.32 Å². The first kappa shape index (κ1) is 15.9. The molecule has 112 valence electrons. The van der Waals surface area contributed by atoms with Gasteiger partial charge in [0, 0.05) is 11.7 Å². The van der Waals surface area contributed by atoms with Crippen molar-refractivity contribution in [2.45, 2.75) is 63.8 Å². The summed E-state index contributed by atoms with van der Waals surface area (Å²) in [5.74, 6) is 0. The Balaban J connectivity index is 2.18. The van der Waals surface area contributed by atoms with E-state index in [1.807, 2.05) is 7.05 Å². The highest BCUT2D eigenvalue weighted by Gasteiger charge is 2.57. The van der Waals surface area contributed by atoms with E-state index in [9.17, 15) is 0 Å². The Bertz CT molecular complexity index is 325. The van der Waals surface area contributed by atoms with Crippen LogP contribution in [0.15, 0.2) is 0 Å². The van der Waals surface area contributed by atoms with Gasteiger partial charge in [-0.1, -0.05) is 19.3 Å². The average Bonchev–Trinajstić information content (AvgIpc) is 2.26. The molecule has 0 bridgehead atoms. The standard InChI is InChI=1S/C12H29NO3Si3/c1-13-11-18(4)14-17(2,3)15-19(5,16-18)12-9-7-6-8-10-12/h12-13H,6-11H2,1-5H3. The van der Waals surface area contributed by atoms with Gasteiger partial charge in [-0.15, -0.1) is 0 Å². The van der Waals surface area contributed by atoms with Gasteiger partial charge in [-0.25, -0.2) is 0 Å². The molecule has 2 rings (SSSR count). The average molecular weight is 320 g/mol. The second-order valence-electron chi connectivity index (χ2n) is 6.72. The fourth-order valence-electron chi connectivity index (χ4n) is 3.69. The highest BCUT2D eigenvalue weighted by Crippen LogP contribution is 2.43. The Labute approximate surface area is 121 Å². The van der Waals surface area contributed by atoms with Gasteiger partial charge in [0.25, 0.3) is 0 Å². The zero-order valence-corrected chi connectivity index (χ0v) is 16.0. The van der Waals surface area contributed by atoms with Crippen molar-refractivity contribution < 1.29 is 12.3 Å². The van der Waals surface area contributed by atoms with Gasteiger partial charge in [0.15, 0.2) is 0 Å². The quantitative estimate of drug-likeness (QED) is 0.812. The summed E-state index contributed by atoms with van der Waals surface area (Å²) in [7, 11) is -4.23. The van der Waals surface area contributed by atoms with Crippen molar-refractivity contribution in [1.82, 2.24) is 5.32 Å². The van der Waals surface area contributed by atoms with Gasteiger partial charge in [-0.3, -0.25) is 0 Å². The molecule has 19 heavy (non-hydrogen) atoms. The lowest BCUT2D eigenvalue weighted by Gasteiger charge is -2.52. The van der Waals surface area contributed by atoms with Crippen molar-refractivity contribution in [3.05, 3.63) is 0 Å². The fraction of sp³-hybridized carbons (Fsp3) is 1.00. The summed E-state index contributed by atoms with van der Waals surface area (Å²) >= 11 is 0. The molecule has 1 N–H and O–H groups in total. The van der Waals surface area contributed by atoms with Gasteiger partial charge in [-0.2, -0.15) is 0 Å². The van der Waals surface area contributed by atoms with Crippen LogP contribution in [-0.2, 0) is 12.3 Å². The molecule has 0 aromatic rings. The molecule has 1 heterocycles. The molecule has 4 nitrogen and oxygen atoms in total. The summed E-state index contributed by atoms with van der Waals surface area (Å²) in [5.41, 5.74) is 0.667. The van der Waals surface area contributed by atoms with Crippen LogP contribution >= 0.6 is 0 Å². The van der Waals surface area contributed by atoms with E-state index >= 15 is 0 Å². The summed E-state index contributed by atoms with van der Waals surface area (Å²) in [5, 5.41) is 3.26. The van der Waals surface area contributed by atoms with Crippen molar-refractivity contribution in [3.63, 3.8) is 0 Å². The van der Waals surface area contributed by atoms with E-state index in [0.29, 0.717) is 5.54 Å². The molecule has 1 saturated carbocycles. The van der Waals surface area contributed by atoms with Gasteiger partial charge in [0.2, 0.25) is 0 Å². The van der Waals surface area contributed by atoms with Crippen LogP contribution in [0.4, 0.5) is 0 Å². The van der Waals surface area contributed by atoms with E-state index in [-0.39, 0.29) is 0 Å². The summed E-state index contributed by atoms with van der Waals surface area (Å²) in [6, 6.07) is 0. The molecule has 2 atom stereocenters. The van der Waals surface area contributed by atoms with Crippen LogP contribution in [0.25, 0.3) is 0 Å². The van der Waals surface area contributed by atoms with Crippen molar-refractivity contribution in [2.75, 3.05) is 13.2 Å². The third kappa shape index (κ3) is 3.78. The predicted molar refractivity (Wildman–Crippen MR) is 84.7 cm³/mol. The zero-order chi connectivity index (χ0) is 14.1. The minimum absolute atomic E-state index is 0.667. The van der Waals surface area contributed by atoms with Gasteiger partial charge in [0.1, 0.15) is 0 Å². The first-order chi connectivity index (χ1) is 8.79. The van der Waals surface area contributed by atoms with Crippen molar-refractivity contribution in [1.29, 1.82) is 0 Å². The normalized spacial score (nSPS) is 40.3. The van der Waals surface area contributed by atoms with Gasteiger partial charge >= 0.3 is 25.7 Å². The Morgan fingerprint density at radius 3 is 2.16 bits per heavy atom. The van der Waals surface area contributed by atoms with Crippen LogP contribution in [0.1, 0.15) is 32.1 Å². The van der Waals surface area contributed by atoms with Crippen LogP contribution in [0.3, 0.4) is 0 Å². The van der Waals surface area contributed by atoms with Crippen LogP contribution in [0.5, 0.6) is 0 Å². The second-order valence-corrected chi connectivity index (χ2v) is 17.4. The molecular formula is C12H29NO3Si3. The Kier molecular flexibility index (Phi) is 4.77. The van der Waals surface area contributed by atoms with Crippen molar-refractivity contribution >= 4 is 25.7 Å². The van der Waals surface area contributed by atoms with E-state index in [1.165, 1.54) is 32.1 Å². The molecule has 1 aliphatic carbocycles. The molecule has 2 fully saturated rings. The van der Waals surface area contributed by atoms with Crippen molar-refractivity contribution in [2.24, 2.45) is 0 Å². The summed E-state index contributed by atoms with van der Waals surface area (Å²) < 4.78 is 19.4. The zero-order valence-electron chi connectivity index (χ0n) is 13.0. The number of hydrogen-bond acceptors (Lipinski definition) is 4. The summed E-state index contributed by atoms with van der Waals surface area (Å²) in [6.45, 7) is 8.87. The highest BCUT2D eigenvalue weighted by atomic mass is 28.5. The highest BCUT2D eigenvalue weighted by molar-refractivity contribution is 6.93. The molecule has 7 heteroatoms. The molecule has 2 unspecified atom stereocenters. The maximum Gasteiger partial charge on any atom is 0.331 e. The molecule has 0 aromatic carbocycles. The molecule has 1 saturated heterocycles. The Morgan fingerprint density at radius 2 is 1.58 bits per heavy atom. The van der Waals surface area contributed by atoms with E-state index in [1.54, 1.807) is 0 Å². The molecule has 1 aliphatic heterocycles. The first-order valence-electron chi connectivity index (χ1n) is 7.54. The SMILES string of the molecule is CNC[Si]1(C)O[Si](C)(C)O[Si](C)(C2CCCCC2)O1. The third-order valence-electron chi connectivity index (χ3n) is 4.17. The molecule has 0 aromatic heterocycles. The van der Waals surface area contributed by atoms with E-state index in [2.05, 4.69) is 31.5 Å². The van der Waals surface area contributed by atoms with Gasteiger partial charge < -0.3 is 17.7 Å². The molecule has 2 aliphatic rings. The lowest BCUT2D eigenvalue weighted by atomic mass is 10.0. The minimum atomic E-state index is -2.10. The summed E-state index contributed by atoms with van der Waals surface area (Å²) in [6.07, 6.45) is 7.50. The van der Waals surface area contributed by atoms with E-state index in [0.717, 1.165) is 6.17 Å². The summed E-state index contributed by atoms with van der Waals surface area (Å²) in [4.78, 5) is 0. The lowest BCUT2D eigenvalue weighted by molar-refractivity contribution is 0.210. The molecule has 0 amide bonds. The second kappa shape index (κ2) is 5.70. The number of nitrogens with one attached hydrogen (secondary N) is 1. The smallest absolute Gasteiger partial charge is 0.331 e. The van der Waals surface area contributed by atoms with Crippen LogP contribution in [-0.4, -0.2) is 38.9 Å². The number of rotatable bonds is 3. The molecule has 0 radical (unpaired) electrons. The monoisotopic (exact) mass is 319 g/mol. The topological polar surface area (TPSA) is 39.7 Å². The molecular weight excluding hydrogens is 290 g/mol. The van der Waals surface area contributed by atoms with Gasteiger partial charge in [-0.05, 0) is 46.1 Å². The van der Waals surface area contributed by atoms with Gasteiger partial charge in [0.05, 0.1) is 0 Å². The maximum atomic E-state index is 6.58. The molecule has 0 spiro atoms. The van der Waals surface area contributed by atoms with Crippen molar-refractivity contribution in [3.8, 4) is 0 Å². The maximum absolute atomic E-state index is 6.58. The minimum Gasteiger partial charge on any atom is -0.416 e. The Morgan fingerprint density at radius 1 is 0.947 bits per heavy atom. The first-order valence-corrected chi connectivity index (χ1v) is 15.3.